The molecule has 2 aliphatic rings. The summed E-state index contributed by atoms with van der Waals surface area (Å²) in [5.41, 5.74) is 0.945. The van der Waals surface area contributed by atoms with E-state index in [0.29, 0.717) is 24.5 Å². The maximum atomic E-state index is 13.0. The Balaban J connectivity index is 1.68. The van der Waals surface area contributed by atoms with Crippen LogP contribution < -0.4 is 4.74 Å². The predicted molar refractivity (Wildman–Crippen MR) is 91.4 cm³/mol. The van der Waals surface area contributed by atoms with E-state index in [4.69, 9.17) is 14.2 Å². The van der Waals surface area contributed by atoms with Crippen molar-refractivity contribution >= 4 is 5.91 Å². The molecule has 0 saturated carbocycles. The summed E-state index contributed by atoms with van der Waals surface area (Å²) < 4.78 is 16.1. The van der Waals surface area contributed by atoms with Gasteiger partial charge in [0.15, 0.2) is 0 Å². The number of carbonyl (C=O) groups excluding carboxylic acids is 1. The zero-order valence-electron chi connectivity index (χ0n) is 14.6. The van der Waals surface area contributed by atoms with Crippen molar-refractivity contribution in [2.24, 2.45) is 5.41 Å². The van der Waals surface area contributed by atoms with Crippen LogP contribution in [0, 0.1) is 5.41 Å². The van der Waals surface area contributed by atoms with Crippen molar-refractivity contribution in [2.45, 2.75) is 32.2 Å². The average molecular weight is 333 g/mol. The summed E-state index contributed by atoms with van der Waals surface area (Å²) in [7, 11) is 1.64. The van der Waals surface area contributed by atoms with Gasteiger partial charge >= 0.3 is 0 Å². The number of ether oxygens (including phenoxy) is 3. The highest BCUT2D eigenvalue weighted by Gasteiger charge is 2.44. The molecule has 2 aliphatic heterocycles. The van der Waals surface area contributed by atoms with Gasteiger partial charge in [-0.1, -0.05) is 6.07 Å². The van der Waals surface area contributed by atoms with Crippen molar-refractivity contribution in [1.29, 1.82) is 0 Å². The molecule has 24 heavy (non-hydrogen) atoms. The summed E-state index contributed by atoms with van der Waals surface area (Å²) in [6.07, 6.45) is 3.19. The van der Waals surface area contributed by atoms with E-state index in [0.717, 1.165) is 39.0 Å². The Bertz CT molecular complexity index is 568. The Labute approximate surface area is 143 Å². The molecule has 5 heteroatoms. The van der Waals surface area contributed by atoms with E-state index < -0.39 is 0 Å². The Hall–Kier alpha value is -1.59. The fourth-order valence-electron chi connectivity index (χ4n) is 3.88. The number of nitrogens with zero attached hydrogens (tertiary/aromatic N) is 1. The standard InChI is InChI=1S/C19H27NO4/c1-15-13-19(6-8-23-9-7-19)14-20(15)18(21)16-4-3-5-17(12-16)24-11-10-22-2/h3-5,12,15H,6-11,13-14H2,1-2H3. The Morgan fingerprint density at radius 2 is 2.12 bits per heavy atom. The number of hydrogen-bond donors (Lipinski definition) is 0. The first-order valence-electron chi connectivity index (χ1n) is 8.74. The molecule has 5 nitrogen and oxygen atoms in total. The monoisotopic (exact) mass is 333 g/mol. The summed E-state index contributed by atoms with van der Waals surface area (Å²) >= 11 is 0. The van der Waals surface area contributed by atoms with E-state index >= 15 is 0 Å². The molecule has 2 heterocycles. The van der Waals surface area contributed by atoms with Crippen LogP contribution in [0.4, 0.5) is 0 Å². The lowest BCUT2D eigenvalue weighted by Crippen LogP contribution is -2.37. The van der Waals surface area contributed by atoms with Crippen LogP contribution in [0.25, 0.3) is 0 Å². The molecule has 132 valence electrons. The number of amides is 1. The third-order valence-electron chi connectivity index (χ3n) is 5.22. The maximum absolute atomic E-state index is 13.0. The molecule has 1 unspecified atom stereocenters. The zero-order valence-corrected chi connectivity index (χ0v) is 14.6. The van der Waals surface area contributed by atoms with Gasteiger partial charge in [-0.15, -0.1) is 0 Å². The SMILES string of the molecule is COCCOc1cccc(C(=O)N2CC3(CCOCC3)CC2C)c1. The van der Waals surface area contributed by atoms with Crippen molar-refractivity contribution in [1.82, 2.24) is 4.90 Å². The van der Waals surface area contributed by atoms with Crippen LogP contribution in [0.1, 0.15) is 36.5 Å². The number of hydrogen-bond acceptors (Lipinski definition) is 4. The lowest BCUT2D eigenvalue weighted by Gasteiger charge is -2.33. The fourth-order valence-corrected chi connectivity index (χ4v) is 3.88. The number of likely N-dealkylation sites (tertiary alicyclic amines) is 1. The highest BCUT2D eigenvalue weighted by atomic mass is 16.5. The molecule has 1 spiro atoms. The molecule has 2 fully saturated rings. The summed E-state index contributed by atoms with van der Waals surface area (Å²) in [4.78, 5) is 15.0. The zero-order chi connectivity index (χ0) is 17.0. The first-order valence-corrected chi connectivity index (χ1v) is 8.74. The van der Waals surface area contributed by atoms with Crippen LogP contribution >= 0.6 is 0 Å². The van der Waals surface area contributed by atoms with Gasteiger partial charge in [0, 0.05) is 38.5 Å². The smallest absolute Gasteiger partial charge is 0.254 e. The van der Waals surface area contributed by atoms with Crippen LogP contribution in [-0.4, -0.2) is 56.9 Å². The predicted octanol–water partition coefficient (Wildman–Crippen LogP) is 2.74. The van der Waals surface area contributed by atoms with Crippen molar-refractivity contribution in [3.63, 3.8) is 0 Å². The molecule has 0 N–H and O–H groups in total. The molecule has 0 bridgehead atoms. The van der Waals surface area contributed by atoms with E-state index in [1.807, 2.05) is 29.2 Å². The van der Waals surface area contributed by atoms with E-state index in [1.54, 1.807) is 7.11 Å². The second-order valence-corrected chi connectivity index (χ2v) is 6.97. The molecule has 0 aromatic heterocycles. The topological polar surface area (TPSA) is 48.0 Å². The van der Waals surface area contributed by atoms with Crippen LogP contribution in [0.5, 0.6) is 5.75 Å². The minimum atomic E-state index is 0.100. The Kier molecular flexibility index (Phi) is 5.41. The molecule has 1 aromatic rings. The summed E-state index contributed by atoms with van der Waals surface area (Å²) in [5.74, 6) is 0.814. The van der Waals surface area contributed by atoms with Crippen molar-refractivity contribution < 1.29 is 19.0 Å². The maximum Gasteiger partial charge on any atom is 0.254 e. The Morgan fingerprint density at radius 3 is 2.88 bits per heavy atom. The van der Waals surface area contributed by atoms with Gasteiger partial charge in [-0.2, -0.15) is 0 Å². The normalized spacial score (nSPS) is 22.8. The molecule has 1 aromatic carbocycles. The summed E-state index contributed by atoms with van der Waals surface area (Å²) in [6, 6.07) is 7.72. The van der Waals surface area contributed by atoms with Gasteiger partial charge in [-0.05, 0) is 49.8 Å². The molecule has 1 amide bonds. The molecule has 0 aliphatic carbocycles. The number of rotatable bonds is 5. The van der Waals surface area contributed by atoms with Crippen LogP contribution in [0.15, 0.2) is 24.3 Å². The molecular weight excluding hydrogens is 306 g/mol. The first kappa shape index (κ1) is 17.2. The lowest BCUT2D eigenvalue weighted by atomic mass is 9.78. The second-order valence-electron chi connectivity index (χ2n) is 6.97. The minimum absolute atomic E-state index is 0.100. The van der Waals surface area contributed by atoms with Crippen LogP contribution in [0.2, 0.25) is 0 Å². The second kappa shape index (κ2) is 7.53. The van der Waals surface area contributed by atoms with Gasteiger partial charge in [0.2, 0.25) is 0 Å². The van der Waals surface area contributed by atoms with Crippen molar-refractivity contribution in [3.8, 4) is 5.75 Å². The molecular formula is C19H27NO4. The number of benzene rings is 1. The summed E-state index contributed by atoms with van der Waals surface area (Å²) in [6.45, 7) is 5.64. The molecule has 1 atom stereocenters. The van der Waals surface area contributed by atoms with Gasteiger partial charge in [-0.25, -0.2) is 0 Å². The highest BCUT2D eigenvalue weighted by molar-refractivity contribution is 5.95. The third-order valence-corrected chi connectivity index (χ3v) is 5.22. The number of carbonyl (C=O) groups is 1. The molecule has 0 radical (unpaired) electrons. The molecule has 3 rings (SSSR count). The van der Waals surface area contributed by atoms with Gasteiger partial charge < -0.3 is 19.1 Å². The van der Waals surface area contributed by atoms with E-state index in [1.165, 1.54) is 0 Å². The van der Waals surface area contributed by atoms with Gasteiger partial charge in [0.1, 0.15) is 12.4 Å². The van der Waals surface area contributed by atoms with E-state index in [2.05, 4.69) is 6.92 Å². The van der Waals surface area contributed by atoms with E-state index in [9.17, 15) is 4.79 Å². The third kappa shape index (κ3) is 3.73. The van der Waals surface area contributed by atoms with Crippen molar-refractivity contribution in [2.75, 3.05) is 40.1 Å². The van der Waals surface area contributed by atoms with Crippen LogP contribution in [0.3, 0.4) is 0 Å². The minimum Gasteiger partial charge on any atom is -0.491 e. The van der Waals surface area contributed by atoms with Gasteiger partial charge in [0.25, 0.3) is 5.91 Å². The Morgan fingerprint density at radius 1 is 1.33 bits per heavy atom. The lowest BCUT2D eigenvalue weighted by molar-refractivity contribution is 0.0190. The number of methoxy groups -OCH3 is 1. The van der Waals surface area contributed by atoms with E-state index in [-0.39, 0.29) is 17.4 Å². The fraction of sp³-hybridized carbons (Fsp3) is 0.632. The quantitative estimate of drug-likeness (QED) is 0.778. The highest BCUT2D eigenvalue weighted by Crippen LogP contribution is 2.43. The first-order chi connectivity index (χ1) is 11.6. The molecule has 2 saturated heterocycles. The summed E-state index contributed by atoms with van der Waals surface area (Å²) in [5, 5.41) is 0. The van der Waals surface area contributed by atoms with Gasteiger partial charge in [-0.3, -0.25) is 4.79 Å². The van der Waals surface area contributed by atoms with Crippen LogP contribution in [-0.2, 0) is 9.47 Å². The van der Waals surface area contributed by atoms with Crippen molar-refractivity contribution in [3.05, 3.63) is 29.8 Å². The average Bonchev–Trinajstić information content (AvgIpc) is 2.91. The van der Waals surface area contributed by atoms with Gasteiger partial charge in [0.05, 0.1) is 6.61 Å². The largest absolute Gasteiger partial charge is 0.491 e.